The molecule has 0 bridgehead atoms. The molecule has 0 aromatic heterocycles. The fourth-order valence-corrected chi connectivity index (χ4v) is 8.33. The number of hydrogen-bond acceptors (Lipinski definition) is 1. The molecule has 1 saturated carbocycles. The van der Waals surface area contributed by atoms with Gasteiger partial charge in [-0.1, -0.05) is 178 Å². The Hall–Kier alpha value is -5.62. The van der Waals surface area contributed by atoms with Gasteiger partial charge in [-0.2, -0.15) is 0 Å². The first-order chi connectivity index (χ1) is 24.7. The smallest absolute Gasteiger partial charge is 0.193 e. The molecule has 0 saturated heterocycles. The summed E-state index contributed by atoms with van der Waals surface area (Å²) in [5.41, 5.74) is 13.3. The fraction of sp³-hybridized carbons (Fsp3) is 0.0625. The Balaban J connectivity index is 1.31. The summed E-state index contributed by atoms with van der Waals surface area (Å²) in [4.78, 5) is 14.8. The Morgan fingerprint density at radius 1 is 0.440 bits per heavy atom. The van der Waals surface area contributed by atoms with E-state index >= 15 is 0 Å². The van der Waals surface area contributed by atoms with Gasteiger partial charge in [0.05, 0.1) is 0 Å². The number of ketones is 1. The maximum atomic E-state index is 14.8. The van der Waals surface area contributed by atoms with Gasteiger partial charge >= 0.3 is 0 Å². The van der Waals surface area contributed by atoms with Gasteiger partial charge in [0.1, 0.15) is 0 Å². The van der Waals surface area contributed by atoms with E-state index in [9.17, 15) is 4.79 Å². The van der Waals surface area contributed by atoms with E-state index in [1.807, 2.05) is 36.4 Å². The summed E-state index contributed by atoms with van der Waals surface area (Å²) in [7, 11) is 0.372. The quantitative estimate of drug-likeness (QED) is 0.111. The third kappa shape index (κ3) is 6.53. The van der Waals surface area contributed by atoms with Crippen LogP contribution in [-0.4, -0.2) is 5.78 Å². The largest absolute Gasteiger partial charge is 0.289 e. The van der Waals surface area contributed by atoms with Gasteiger partial charge in [0.2, 0.25) is 0 Å². The molecule has 1 unspecified atom stereocenters. The standard InChI is InChI=1S/C48H37OP/c49-48(45-29-13-11-26-42(45)35-19-6-2-7-20-35)39-31-38(32-40(33-39)50-46-30-15-14-27-43(46)36-21-8-3-9-22-36)47(37-23-16-24-37)44-28-12-10-25-41(44)34-17-4-1-5-18-34/h1-15,17-22,25-33,50H,16,23-24H2. The van der Waals surface area contributed by atoms with Crippen molar-refractivity contribution < 1.29 is 4.79 Å². The summed E-state index contributed by atoms with van der Waals surface area (Å²) in [6.45, 7) is 0. The highest BCUT2D eigenvalue weighted by Crippen LogP contribution is 2.42. The highest BCUT2D eigenvalue weighted by Gasteiger charge is 2.23. The van der Waals surface area contributed by atoms with Crippen LogP contribution in [0.15, 0.2) is 188 Å². The number of benzene rings is 7. The highest BCUT2D eigenvalue weighted by molar-refractivity contribution is 7.55. The molecule has 0 spiro atoms. The molecule has 0 radical (unpaired) electrons. The number of carbonyl (C=O) groups is 1. The predicted octanol–water partition coefficient (Wildman–Crippen LogP) is 11.5. The SMILES string of the molecule is O=C(c1cc(Pc2ccccc2-c2ccccc2)cc(C(=C2CCC2)c2ccccc2-c2ccccc2)c1)c1ccccc1-c1ccccc1. The van der Waals surface area contributed by atoms with Crippen molar-refractivity contribution in [3.63, 3.8) is 0 Å². The van der Waals surface area contributed by atoms with Gasteiger partial charge in [-0.15, -0.1) is 0 Å². The van der Waals surface area contributed by atoms with Crippen molar-refractivity contribution in [3.8, 4) is 33.4 Å². The molecule has 1 nitrogen and oxygen atoms in total. The predicted molar refractivity (Wildman–Crippen MR) is 213 cm³/mol. The van der Waals surface area contributed by atoms with Crippen molar-refractivity contribution in [1.82, 2.24) is 0 Å². The Kier molecular flexibility index (Phi) is 9.16. The second-order valence-corrected chi connectivity index (χ2v) is 14.2. The van der Waals surface area contributed by atoms with E-state index in [4.69, 9.17) is 0 Å². The molecule has 2 heteroatoms. The van der Waals surface area contributed by atoms with Crippen LogP contribution in [0.25, 0.3) is 39.0 Å². The maximum Gasteiger partial charge on any atom is 0.193 e. The Bertz CT molecular complexity index is 2310. The van der Waals surface area contributed by atoms with Crippen LogP contribution < -0.4 is 10.6 Å². The lowest BCUT2D eigenvalue weighted by Crippen LogP contribution is -2.13. The minimum atomic E-state index is 0.0444. The zero-order valence-electron chi connectivity index (χ0n) is 27.9. The van der Waals surface area contributed by atoms with Crippen molar-refractivity contribution in [2.24, 2.45) is 0 Å². The normalized spacial score (nSPS) is 12.5. The van der Waals surface area contributed by atoms with Crippen molar-refractivity contribution in [3.05, 3.63) is 210 Å². The van der Waals surface area contributed by atoms with Gasteiger partial charge in [-0.3, -0.25) is 4.79 Å². The van der Waals surface area contributed by atoms with Crippen LogP contribution in [0.5, 0.6) is 0 Å². The average molecular weight is 661 g/mol. The zero-order chi connectivity index (χ0) is 33.7. The van der Waals surface area contributed by atoms with E-state index < -0.39 is 0 Å². The molecule has 0 N–H and O–H groups in total. The monoisotopic (exact) mass is 660 g/mol. The average Bonchev–Trinajstić information content (AvgIpc) is 3.17. The molecular formula is C48H37OP. The maximum absolute atomic E-state index is 14.8. The van der Waals surface area contributed by atoms with Gasteiger partial charge in [0, 0.05) is 11.1 Å². The number of carbonyl (C=O) groups excluding carboxylic acids is 1. The summed E-state index contributed by atoms with van der Waals surface area (Å²) in [6, 6.07) is 63.6. The molecule has 1 atom stereocenters. The topological polar surface area (TPSA) is 17.1 Å². The van der Waals surface area contributed by atoms with Crippen LogP contribution in [0.3, 0.4) is 0 Å². The molecule has 50 heavy (non-hydrogen) atoms. The van der Waals surface area contributed by atoms with E-state index in [1.54, 1.807) is 0 Å². The molecule has 1 aliphatic carbocycles. The second kappa shape index (κ2) is 14.5. The molecule has 7 aromatic carbocycles. The second-order valence-electron chi connectivity index (χ2n) is 12.8. The third-order valence-electron chi connectivity index (χ3n) is 9.62. The van der Waals surface area contributed by atoms with E-state index in [0.29, 0.717) is 8.58 Å². The van der Waals surface area contributed by atoms with Gasteiger partial charge in [0.25, 0.3) is 0 Å². The Morgan fingerprint density at radius 3 is 1.48 bits per heavy atom. The first-order valence-corrected chi connectivity index (χ1v) is 18.4. The van der Waals surface area contributed by atoms with Crippen LogP contribution in [0.4, 0.5) is 0 Å². The Morgan fingerprint density at radius 2 is 0.900 bits per heavy atom. The lowest BCUT2D eigenvalue weighted by molar-refractivity contribution is 0.103. The molecule has 0 amide bonds. The van der Waals surface area contributed by atoms with Crippen LogP contribution in [0.1, 0.15) is 46.3 Å². The zero-order valence-corrected chi connectivity index (χ0v) is 28.9. The number of rotatable bonds is 9. The summed E-state index contributed by atoms with van der Waals surface area (Å²) in [6.07, 6.45) is 3.33. The van der Waals surface area contributed by atoms with Gasteiger partial charge < -0.3 is 0 Å². The lowest BCUT2D eigenvalue weighted by atomic mass is 9.79. The first kappa shape index (κ1) is 31.6. The first-order valence-electron chi connectivity index (χ1n) is 17.4. The van der Waals surface area contributed by atoms with Gasteiger partial charge in [-0.25, -0.2) is 0 Å². The van der Waals surface area contributed by atoms with Crippen LogP contribution in [0.2, 0.25) is 0 Å². The summed E-state index contributed by atoms with van der Waals surface area (Å²) >= 11 is 0. The summed E-state index contributed by atoms with van der Waals surface area (Å²) in [5.74, 6) is 0.0444. The summed E-state index contributed by atoms with van der Waals surface area (Å²) in [5, 5.41) is 2.42. The van der Waals surface area contributed by atoms with Crippen LogP contribution in [0, 0.1) is 0 Å². The number of allylic oxidation sites excluding steroid dienone is 1. The molecular weight excluding hydrogens is 624 g/mol. The van der Waals surface area contributed by atoms with Crippen molar-refractivity contribution >= 4 is 30.5 Å². The fourth-order valence-electron chi connectivity index (χ4n) is 7.02. The van der Waals surface area contributed by atoms with Crippen LogP contribution >= 0.6 is 8.58 Å². The molecule has 0 aliphatic heterocycles. The molecule has 240 valence electrons. The lowest BCUT2D eigenvalue weighted by Gasteiger charge is -2.25. The van der Waals surface area contributed by atoms with E-state index in [0.717, 1.165) is 46.0 Å². The van der Waals surface area contributed by atoms with Crippen LogP contribution in [-0.2, 0) is 0 Å². The van der Waals surface area contributed by atoms with Gasteiger partial charge in [-0.05, 0) is 98.2 Å². The molecule has 1 aliphatic rings. The summed E-state index contributed by atoms with van der Waals surface area (Å²) < 4.78 is 0. The van der Waals surface area contributed by atoms with E-state index in [1.165, 1.54) is 50.7 Å². The molecule has 7 aromatic rings. The highest BCUT2D eigenvalue weighted by atomic mass is 31.1. The Labute approximate surface area is 296 Å². The minimum absolute atomic E-state index is 0.0444. The van der Waals surface area contributed by atoms with Crippen molar-refractivity contribution in [2.75, 3.05) is 0 Å². The number of hydrogen-bond donors (Lipinski definition) is 0. The molecule has 0 heterocycles. The third-order valence-corrected chi connectivity index (χ3v) is 10.9. The molecule has 1 fully saturated rings. The minimum Gasteiger partial charge on any atom is -0.289 e. The van der Waals surface area contributed by atoms with E-state index in [2.05, 4.69) is 146 Å². The molecule has 8 rings (SSSR count). The van der Waals surface area contributed by atoms with Crippen molar-refractivity contribution in [2.45, 2.75) is 19.3 Å². The van der Waals surface area contributed by atoms with Crippen molar-refractivity contribution in [1.29, 1.82) is 0 Å². The van der Waals surface area contributed by atoms with Gasteiger partial charge in [0.15, 0.2) is 5.78 Å². The van der Waals surface area contributed by atoms with E-state index in [-0.39, 0.29) is 5.78 Å².